The van der Waals surface area contributed by atoms with Gasteiger partial charge in [0.05, 0.1) is 21.5 Å². The molecule has 0 spiro atoms. The Labute approximate surface area is 210 Å². The summed E-state index contributed by atoms with van der Waals surface area (Å²) < 4.78 is 8.29. The molecule has 1 amide bonds. The smallest absolute Gasteiger partial charge is 0.280 e. The Morgan fingerprint density at radius 2 is 1.85 bits per heavy atom. The van der Waals surface area contributed by atoms with Gasteiger partial charge in [-0.3, -0.25) is 15.0 Å². The number of ether oxygens (including phenoxy) is 1. The minimum Gasteiger partial charge on any atom is -0.485 e. The number of nitrogens with one attached hydrogen (secondary N) is 1. The molecule has 0 saturated carbocycles. The van der Waals surface area contributed by atoms with E-state index in [9.17, 15) is 9.59 Å². The first-order valence-corrected chi connectivity index (χ1v) is 11.9. The summed E-state index contributed by atoms with van der Waals surface area (Å²) in [5, 5.41) is 0.666. The van der Waals surface area contributed by atoms with Crippen LogP contribution < -0.4 is 15.7 Å². The van der Waals surface area contributed by atoms with Crippen molar-refractivity contribution in [2.45, 2.75) is 33.3 Å². The van der Waals surface area contributed by atoms with Gasteiger partial charge in [0.1, 0.15) is 12.4 Å². The van der Waals surface area contributed by atoms with Crippen LogP contribution in [0.2, 0.25) is 5.02 Å². The lowest BCUT2D eigenvalue weighted by molar-refractivity contribution is 0.100. The molecular formula is C26H23BrClN3O3. The molecule has 0 aliphatic carbocycles. The fourth-order valence-corrected chi connectivity index (χ4v) is 4.17. The molecule has 4 aromatic rings. The van der Waals surface area contributed by atoms with Gasteiger partial charge in [-0.15, -0.1) is 0 Å². The summed E-state index contributed by atoms with van der Waals surface area (Å²) in [5.74, 6) is 0.661. The molecule has 0 unspecified atom stereocenters. The van der Waals surface area contributed by atoms with E-state index in [1.807, 2.05) is 19.1 Å². The molecule has 1 heterocycles. The monoisotopic (exact) mass is 539 g/mol. The molecule has 6 nitrogen and oxygen atoms in total. The summed E-state index contributed by atoms with van der Waals surface area (Å²) in [6, 6.07) is 17.6. The van der Waals surface area contributed by atoms with Gasteiger partial charge in [-0.05, 0) is 60.4 Å². The molecule has 0 fully saturated rings. The van der Waals surface area contributed by atoms with Crippen LogP contribution in [0.15, 0.2) is 69.9 Å². The average molecular weight is 541 g/mol. The first-order chi connectivity index (χ1) is 16.3. The number of halogens is 2. The molecule has 8 heteroatoms. The van der Waals surface area contributed by atoms with Gasteiger partial charge in [-0.2, -0.15) is 4.68 Å². The number of carbonyl (C=O) groups is 1. The lowest BCUT2D eigenvalue weighted by Crippen LogP contribution is -2.37. The molecule has 4 rings (SSSR count). The summed E-state index contributed by atoms with van der Waals surface area (Å²) in [4.78, 5) is 30.9. The SMILES string of the molecule is Cc1cc(OCc2nc3ccccc3c(=O)n2NC(=O)c2ccccc2Cl)c(C(C)C)cc1Br. The Kier molecular flexibility index (Phi) is 7.05. The Hall–Kier alpha value is -3.16. The molecule has 0 radical (unpaired) electrons. The van der Waals surface area contributed by atoms with Crippen molar-refractivity contribution in [3.63, 3.8) is 0 Å². The second-order valence-corrected chi connectivity index (χ2v) is 9.45. The summed E-state index contributed by atoms with van der Waals surface area (Å²) in [6.45, 7) is 6.12. The zero-order valence-corrected chi connectivity index (χ0v) is 21.3. The van der Waals surface area contributed by atoms with Crippen molar-refractivity contribution in [2.24, 2.45) is 0 Å². The molecule has 0 aliphatic heterocycles. The van der Waals surface area contributed by atoms with E-state index >= 15 is 0 Å². The summed E-state index contributed by atoms with van der Waals surface area (Å²) in [6.07, 6.45) is 0. The van der Waals surface area contributed by atoms with E-state index in [1.54, 1.807) is 48.5 Å². The quantitative estimate of drug-likeness (QED) is 0.316. The molecule has 0 saturated heterocycles. The van der Waals surface area contributed by atoms with Crippen LogP contribution >= 0.6 is 27.5 Å². The molecular weight excluding hydrogens is 518 g/mol. The number of hydrogen-bond donors (Lipinski definition) is 1. The highest BCUT2D eigenvalue weighted by molar-refractivity contribution is 9.10. The second kappa shape index (κ2) is 9.99. The third kappa shape index (κ3) is 4.86. The van der Waals surface area contributed by atoms with Crippen molar-refractivity contribution in [2.75, 3.05) is 5.43 Å². The lowest BCUT2D eigenvalue weighted by Gasteiger charge is -2.18. The van der Waals surface area contributed by atoms with Gasteiger partial charge < -0.3 is 4.74 Å². The predicted molar refractivity (Wildman–Crippen MR) is 138 cm³/mol. The Morgan fingerprint density at radius 3 is 2.59 bits per heavy atom. The predicted octanol–water partition coefficient (Wildman–Crippen LogP) is 6.21. The zero-order valence-electron chi connectivity index (χ0n) is 18.9. The fourth-order valence-electron chi connectivity index (χ4n) is 3.59. The standard InChI is InChI=1S/C26H23BrClN3O3/c1-15(2)19-13-20(27)16(3)12-23(19)34-14-24-29-22-11-7-5-9-18(22)26(33)31(24)30-25(32)17-8-4-6-10-21(17)28/h4-13,15H,14H2,1-3H3,(H,30,32). The fraction of sp³-hybridized carbons (Fsp3) is 0.192. The van der Waals surface area contributed by atoms with E-state index in [1.165, 1.54) is 0 Å². The lowest BCUT2D eigenvalue weighted by atomic mass is 10.0. The van der Waals surface area contributed by atoms with Crippen LogP contribution in [0.1, 0.15) is 47.1 Å². The normalized spacial score (nSPS) is 11.1. The van der Waals surface area contributed by atoms with Crippen LogP contribution in [0.3, 0.4) is 0 Å². The number of carbonyl (C=O) groups excluding carboxylic acids is 1. The third-order valence-electron chi connectivity index (χ3n) is 5.45. The van der Waals surface area contributed by atoms with Gasteiger partial charge in [0.2, 0.25) is 0 Å². The molecule has 0 bridgehead atoms. The van der Waals surface area contributed by atoms with Crippen molar-refractivity contribution in [3.05, 3.63) is 103 Å². The van der Waals surface area contributed by atoms with Crippen LogP contribution in [0.5, 0.6) is 5.75 Å². The minimum absolute atomic E-state index is 0.0241. The average Bonchev–Trinajstić information content (AvgIpc) is 2.81. The Bertz CT molecular complexity index is 1450. The van der Waals surface area contributed by atoms with E-state index < -0.39 is 11.5 Å². The topological polar surface area (TPSA) is 73.2 Å². The van der Waals surface area contributed by atoms with E-state index in [-0.39, 0.29) is 28.9 Å². The number of aryl methyl sites for hydroxylation is 1. The van der Waals surface area contributed by atoms with Gasteiger partial charge in [-0.25, -0.2) is 4.98 Å². The molecule has 1 N–H and O–H groups in total. The molecule has 34 heavy (non-hydrogen) atoms. The highest BCUT2D eigenvalue weighted by Crippen LogP contribution is 2.32. The van der Waals surface area contributed by atoms with E-state index in [2.05, 4.69) is 40.2 Å². The summed E-state index contributed by atoms with van der Waals surface area (Å²) in [7, 11) is 0. The minimum atomic E-state index is -0.520. The largest absolute Gasteiger partial charge is 0.485 e. The van der Waals surface area contributed by atoms with Crippen molar-refractivity contribution >= 4 is 44.3 Å². The van der Waals surface area contributed by atoms with Crippen molar-refractivity contribution < 1.29 is 9.53 Å². The number of hydrogen-bond acceptors (Lipinski definition) is 4. The van der Waals surface area contributed by atoms with Crippen LogP contribution in [0, 0.1) is 6.92 Å². The van der Waals surface area contributed by atoms with Crippen LogP contribution in [0.25, 0.3) is 10.9 Å². The summed E-state index contributed by atoms with van der Waals surface area (Å²) >= 11 is 9.76. The maximum Gasteiger partial charge on any atom is 0.280 e. The number of benzene rings is 3. The number of rotatable bonds is 6. The molecule has 0 atom stereocenters. The van der Waals surface area contributed by atoms with Gasteiger partial charge in [0, 0.05) is 4.47 Å². The van der Waals surface area contributed by atoms with Crippen LogP contribution in [-0.4, -0.2) is 15.6 Å². The maximum atomic E-state index is 13.3. The third-order valence-corrected chi connectivity index (χ3v) is 6.63. The molecule has 174 valence electrons. The van der Waals surface area contributed by atoms with Crippen LogP contribution in [0.4, 0.5) is 0 Å². The van der Waals surface area contributed by atoms with E-state index in [0.717, 1.165) is 20.3 Å². The molecule has 3 aromatic carbocycles. The second-order valence-electron chi connectivity index (χ2n) is 8.19. The van der Waals surface area contributed by atoms with Crippen molar-refractivity contribution in [1.82, 2.24) is 9.66 Å². The number of aromatic nitrogens is 2. The van der Waals surface area contributed by atoms with Gasteiger partial charge in [0.15, 0.2) is 5.82 Å². The van der Waals surface area contributed by atoms with Gasteiger partial charge >= 0.3 is 0 Å². The number of para-hydroxylation sites is 1. The molecule has 1 aromatic heterocycles. The highest BCUT2D eigenvalue weighted by atomic mass is 79.9. The summed E-state index contributed by atoms with van der Waals surface area (Å²) in [5.41, 5.74) is 5.07. The Balaban J connectivity index is 1.75. The highest BCUT2D eigenvalue weighted by Gasteiger charge is 2.18. The number of nitrogens with zero attached hydrogens (tertiary/aromatic N) is 2. The maximum absolute atomic E-state index is 13.3. The first-order valence-electron chi connectivity index (χ1n) is 10.8. The van der Waals surface area contributed by atoms with Gasteiger partial charge in [-0.1, -0.05) is 65.6 Å². The first kappa shape index (κ1) is 24.0. The number of amides is 1. The van der Waals surface area contributed by atoms with Crippen molar-refractivity contribution in [3.8, 4) is 5.75 Å². The number of fused-ring (bicyclic) bond motifs is 1. The van der Waals surface area contributed by atoms with Gasteiger partial charge in [0.25, 0.3) is 11.5 Å². The zero-order chi connectivity index (χ0) is 24.4. The van der Waals surface area contributed by atoms with E-state index in [4.69, 9.17) is 16.3 Å². The van der Waals surface area contributed by atoms with E-state index in [0.29, 0.717) is 16.7 Å². The van der Waals surface area contributed by atoms with Crippen molar-refractivity contribution in [1.29, 1.82) is 0 Å². The molecule has 0 aliphatic rings. The van der Waals surface area contributed by atoms with Crippen LogP contribution in [-0.2, 0) is 6.61 Å². The Morgan fingerprint density at radius 1 is 1.15 bits per heavy atom.